The second-order valence-corrected chi connectivity index (χ2v) is 6.85. The highest BCUT2D eigenvalue weighted by molar-refractivity contribution is 14.1. The number of halogens is 2. The normalized spacial score (nSPS) is 16.7. The number of aryl methyl sites for hydroxylation is 1. The molecule has 0 spiro atoms. The highest BCUT2D eigenvalue weighted by Crippen LogP contribution is 2.27. The number of rotatable bonds is 2. The number of carbonyl (C=O) groups is 3. The van der Waals surface area contributed by atoms with Crippen LogP contribution < -0.4 is 10.2 Å². The predicted molar refractivity (Wildman–Crippen MR) is 99.3 cm³/mol. The maximum absolute atomic E-state index is 12.7. The zero-order valence-electron chi connectivity index (χ0n) is 12.3. The van der Waals surface area contributed by atoms with Gasteiger partial charge in [0.2, 0.25) is 0 Å². The number of amides is 4. The molecule has 3 rings (SSSR count). The molecule has 122 valence electrons. The van der Waals surface area contributed by atoms with Gasteiger partial charge in [0.05, 0.1) is 10.2 Å². The van der Waals surface area contributed by atoms with Gasteiger partial charge in [0.25, 0.3) is 11.8 Å². The van der Waals surface area contributed by atoms with Crippen molar-refractivity contribution in [1.29, 1.82) is 0 Å². The average Bonchev–Trinajstić information content (AvgIpc) is 2.83. The Hall–Kier alpha value is -1.94. The Morgan fingerprint density at radius 2 is 1.96 bits per heavy atom. The number of carbonyl (C=O) groups excluding carboxylic acids is 3. The van der Waals surface area contributed by atoms with Crippen LogP contribution in [0.3, 0.4) is 0 Å². The van der Waals surface area contributed by atoms with Crippen molar-refractivity contribution in [3.63, 3.8) is 0 Å². The third-order valence-electron chi connectivity index (χ3n) is 3.41. The van der Waals surface area contributed by atoms with Crippen molar-refractivity contribution in [3.05, 3.63) is 55.5 Å². The molecule has 24 heavy (non-hydrogen) atoms. The van der Waals surface area contributed by atoms with Crippen LogP contribution in [0.1, 0.15) is 11.3 Å². The number of hydrogen-bond donors (Lipinski definition) is 1. The Morgan fingerprint density at radius 1 is 1.25 bits per heavy atom. The second kappa shape index (κ2) is 6.52. The zero-order valence-corrected chi connectivity index (χ0v) is 16.0. The predicted octanol–water partition coefficient (Wildman–Crippen LogP) is 3.62. The van der Waals surface area contributed by atoms with E-state index in [1.54, 1.807) is 37.3 Å². The molecular weight excluding hydrogens is 491 g/mol. The standard InChI is InChI=1S/C16H10BrIN2O4/c1-8-4-2-3-5-12(8)20-15(22)10(14(21)19-16(20)23)6-9-7-11(17)13(18)24-9/h2-7H,1H3,(H,19,21,23)/b10-6+. The minimum absolute atomic E-state index is 0.171. The maximum Gasteiger partial charge on any atom is 0.335 e. The lowest BCUT2D eigenvalue weighted by Crippen LogP contribution is -2.54. The number of benzene rings is 1. The van der Waals surface area contributed by atoms with Crippen molar-refractivity contribution >= 4 is 68.1 Å². The Bertz CT molecular complexity index is 884. The van der Waals surface area contributed by atoms with Crippen LogP contribution >= 0.6 is 38.5 Å². The molecule has 0 atom stereocenters. The van der Waals surface area contributed by atoms with Gasteiger partial charge in [-0.3, -0.25) is 14.9 Å². The molecule has 1 aromatic heterocycles. The molecule has 1 aromatic carbocycles. The summed E-state index contributed by atoms with van der Waals surface area (Å²) in [6.45, 7) is 1.78. The van der Waals surface area contributed by atoms with Gasteiger partial charge in [-0.15, -0.1) is 0 Å². The summed E-state index contributed by atoms with van der Waals surface area (Å²) in [7, 11) is 0. The number of urea groups is 1. The lowest BCUT2D eigenvalue weighted by atomic mass is 10.1. The summed E-state index contributed by atoms with van der Waals surface area (Å²) in [5.74, 6) is -1.11. The van der Waals surface area contributed by atoms with Gasteiger partial charge in [0, 0.05) is 22.6 Å². The van der Waals surface area contributed by atoms with E-state index in [1.165, 1.54) is 6.08 Å². The van der Waals surface area contributed by atoms with E-state index in [9.17, 15) is 14.4 Å². The molecule has 1 aliphatic rings. The van der Waals surface area contributed by atoms with Gasteiger partial charge >= 0.3 is 6.03 Å². The smallest absolute Gasteiger partial charge is 0.335 e. The third-order valence-corrected chi connectivity index (χ3v) is 5.54. The van der Waals surface area contributed by atoms with E-state index in [1.807, 2.05) is 22.6 Å². The van der Waals surface area contributed by atoms with Gasteiger partial charge in [-0.05, 0) is 46.6 Å². The monoisotopic (exact) mass is 500 g/mol. The quantitative estimate of drug-likeness (QED) is 0.388. The van der Waals surface area contributed by atoms with Crippen LogP contribution in [0.15, 0.2) is 44.8 Å². The minimum Gasteiger partial charge on any atom is -0.450 e. The molecule has 0 bridgehead atoms. The van der Waals surface area contributed by atoms with Crippen molar-refractivity contribution in [1.82, 2.24) is 5.32 Å². The summed E-state index contributed by atoms with van der Waals surface area (Å²) >= 11 is 5.28. The average molecular weight is 501 g/mol. The van der Waals surface area contributed by atoms with Crippen molar-refractivity contribution in [3.8, 4) is 0 Å². The van der Waals surface area contributed by atoms with Crippen molar-refractivity contribution < 1.29 is 18.8 Å². The molecule has 6 nitrogen and oxygen atoms in total. The van der Waals surface area contributed by atoms with Crippen LogP contribution in [-0.4, -0.2) is 17.8 Å². The molecule has 8 heteroatoms. The molecule has 0 saturated carbocycles. The Morgan fingerprint density at radius 3 is 2.58 bits per heavy atom. The van der Waals surface area contributed by atoms with Crippen LogP contribution in [0.5, 0.6) is 0 Å². The summed E-state index contributed by atoms with van der Waals surface area (Å²) < 4.78 is 6.74. The van der Waals surface area contributed by atoms with Crippen LogP contribution in [-0.2, 0) is 9.59 Å². The molecule has 0 radical (unpaired) electrons. The second-order valence-electron chi connectivity index (χ2n) is 5.01. The van der Waals surface area contributed by atoms with E-state index in [-0.39, 0.29) is 5.57 Å². The Balaban J connectivity index is 2.05. The molecule has 1 fully saturated rings. The fourth-order valence-electron chi connectivity index (χ4n) is 2.27. The lowest BCUT2D eigenvalue weighted by molar-refractivity contribution is -0.122. The zero-order chi connectivity index (χ0) is 17.4. The molecule has 0 aliphatic carbocycles. The third kappa shape index (κ3) is 3.03. The first-order valence-corrected chi connectivity index (χ1v) is 8.67. The number of anilines is 1. The van der Waals surface area contributed by atoms with Crippen molar-refractivity contribution in [2.24, 2.45) is 0 Å². The topological polar surface area (TPSA) is 79.6 Å². The summed E-state index contributed by atoms with van der Waals surface area (Å²) in [4.78, 5) is 37.9. The first kappa shape index (κ1) is 16.9. The number of barbiturate groups is 1. The summed E-state index contributed by atoms with van der Waals surface area (Å²) in [5, 5.41) is 2.18. The number of hydrogen-bond acceptors (Lipinski definition) is 4. The molecule has 2 aromatic rings. The summed E-state index contributed by atoms with van der Waals surface area (Å²) in [6, 6.07) is 7.81. The van der Waals surface area contributed by atoms with Gasteiger partial charge in [-0.2, -0.15) is 0 Å². The van der Waals surface area contributed by atoms with E-state index in [2.05, 4.69) is 21.2 Å². The van der Waals surface area contributed by atoms with Crippen LogP contribution in [0.25, 0.3) is 6.08 Å². The van der Waals surface area contributed by atoms with Crippen LogP contribution in [0.2, 0.25) is 0 Å². The van der Waals surface area contributed by atoms with Gasteiger partial charge in [0.15, 0.2) is 3.77 Å². The van der Waals surface area contributed by atoms with E-state index in [4.69, 9.17) is 4.42 Å². The molecular formula is C16H10BrIN2O4. The van der Waals surface area contributed by atoms with Crippen molar-refractivity contribution in [2.45, 2.75) is 6.92 Å². The molecule has 1 aliphatic heterocycles. The fourth-order valence-corrected chi connectivity index (χ4v) is 2.98. The molecule has 4 amide bonds. The first-order chi connectivity index (χ1) is 11.4. The first-order valence-electron chi connectivity index (χ1n) is 6.80. The van der Waals surface area contributed by atoms with Crippen LogP contribution in [0, 0.1) is 10.7 Å². The largest absolute Gasteiger partial charge is 0.450 e. The highest BCUT2D eigenvalue weighted by Gasteiger charge is 2.37. The molecule has 1 saturated heterocycles. The van der Waals surface area contributed by atoms with E-state index in [0.29, 0.717) is 19.7 Å². The summed E-state index contributed by atoms with van der Waals surface area (Å²) in [6.07, 6.45) is 1.32. The Labute approximate surface area is 159 Å². The minimum atomic E-state index is -0.772. The number of nitrogens with zero attached hydrogens (tertiary/aromatic N) is 1. The Kier molecular flexibility index (Phi) is 4.59. The molecule has 2 heterocycles. The number of nitrogens with one attached hydrogen (secondary N) is 1. The lowest BCUT2D eigenvalue weighted by Gasteiger charge is -2.27. The molecule has 0 unspecified atom stereocenters. The van der Waals surface area contributed by atoms with E-state index < -0.39 is 17.8 Å². The number of para-hydroxylation sites is 1. The fraction of sp³-hybridized carbons (Fsp3) is 0.0625. The van der Waals surface area contributed by atoms with Gasteiger partial charge in [0.1, 0.15) is 11.3 Å². The van der Waals surface area contributed by atoms with E-state index in [0.717, 1.165) is 10.5 Å². The molecule has 1 N–H and O–H groups in total. The van der Waals surface area contributed by atoms with Gasteiger partial charge < -0.3 is 4.42 Å². The number of furan rings is 1. The number of imide groups is 2. The van der Waals surface area contributed by atoms with E-state index >= 15 is 0 Å². The highest BCUT2D eigenvalue weighted by atomic mass is 127. The van der Waals surface area contributed by atoms with Gasteiger partial charge in [-0.25, -0.2) is 9.69 Å². The summed E-state index contributed by atoms with van der Waals surface area (Å²) in [5.41, 5.74) is 0.995. The maximum atomic E-state index is 12.7. The SMILES string of the molecule is Cc1ccccc1N1C(=O)NC(=O)/C(=C\c2cc(Br)c(I)o2)C1=O. The van der Waals surface area contributed by atoms with Gasteiger partial charge in [-0.1, -0.05) is 18.2 Å². The van der Waals surface area contributed by atoms with Crippen molar-refractivity contribution in [2.75, 3.05) is 4.90 Å². The van der Waals surface area contributed by atoms with Crippen LogP contribution in [0.4, 0.5) is 10.5 Å².